The first-order valence-corrected chi connectivity index (χ1v) is 3.79. The Kier molecular flexibility index (Phi) is 3.86. The summed E-state index contributed by atoms with van der Waals surface area (Å²) >= 11 is 11.5. The molecule has 0 aliphatic heterocycles. The van der Waals surface area contributed by atoms with Gasteiger partial charge >= 0.3 is 0 Å². The van der Waals surface area contributed by atoms with Crippen molar-refractivity contribution in [2.45, 2.75) is 11.8 Å². The van der Waals surface area contributed by atoms with E-state index in [0.717, 1.165) is 6.54 Å². The van der Waals surface area contributed by atoms with Crippen LogP contribution in [0.4, 0.5) is 0 Å². The predicted octanol–water partition coefficient (Wildman–Crippen LogP) is 1.78. The van der Waals surface area contributed by atoms with Crippen LogP contribution in [0.3, 0.4) is 0 Å². The number of nitrogens with zero attached hydrogens (tertiary/aromatic N) is 1. The molecule has 0 aromatic carbocycles. The van der Waals surface area contributed by atoms with Gasteiger partial charge in [0.25, 0.3) is 0 Å². The largest absolute Gasteiger partial charge is 0.308 e. The highest BCUT2D eigenvalue weighted by atomic mass is 35.5. The monoisotopic (exact) mass is 169 g/mol. The first-order chi connectivity index (χ1) is 3.98. The van der Waals surface area contributed by atoms with Crippen molar-refractivity contribution < 1.29 is 0 Å². The van der Waals surface area contributed by atoms with E-state index >= 15 is 0 Å². The van der Waals surface area contributed by atoms with Crippen molar-refractivity contribution in [3.05, 3.63) is 0 Å². The maximum Gasteiger partial charge on any atom is 0.0679 e. The van der Waals surface area contributed by atoms with Crippen LogP contribution in [0, 0.1) is 0 Å². The van der Waals surface area contributed by atoms with Crippen LogP contribution in [0.25, 0.3) is 0 Å². The topological polar surface area (TPSA) is 3.24 Å². The Hall–Kier alpha value is 0.540. The van der Waals surface area contributed by atoms with Crippen LogP contribution in [0.5, 0.6) is 0 Å². The fourth-order valence-electron chi connectivity index (χ4n) is 0.702. The van der Waals surface area contributed by atoms with Gasteiger partial charge in [-0.15, -0.1) is 23.2 Å². The quantitative estimate of drug-likeness (QED) is 0.583. The van der Waals surface area contributed by atoms with Gasteiger partial charge < -0.3 is 4.90 Å². The highest BCUT2D eigenvalue weighted by Crippen LogP contribution is 2.16. The molecular weight excluding hydrogens is 157 g/mol. The van der Waals surface area contributed by atoms with Gasteiger partial charge in [0.05, 0.1) is 4.87 Å². The zero-order valence-electron chi connectivity index (χ0n) is 6.12. The van der Waals surface area contributed by atoms with Gasteiger partial charge in [-0.2, -0.15) is 0 Å². The van der Waals surface area contributed by atoms with E-state index in [4.69, 9.17) is 23.2 Å². The lowest BCUT2D eigenvalue weighted by molar-refractivity contribution is 0.371. The summed E-state index contributed by atoms with van der Waals surface area (Å²) in [4.78, 5) is 1.75. The highest BCUT2D eigenvalue weighted by molar-refractivity contribution is 6.30. The third-order valence-corrected chi connectivity index (χ3v) is 1.90. The number of halogens is 2. The molecule has 0 aromatic heterocycles. The maximum absolute atomic E-state index is 5.94. The first-order valence-electron chi connectivity index (χ1n) is 2.87. The van der Waals surface area contributed by atoms with Gasteiger partial charge in [-0.3, -0.25) is 0 Å². The minimum absolute atomic E-state index is 0.273. The zero-order valence-corrected chi connectivity index (χ0v) is 7.63. The predicted molar refractivity (Wildman–Crippen MR) is 43.5 cm³/mol. The SMILES string of the molecule is CN(C)CC(C)(Cl)CCl. The van der Waals surface area contributed by atoms with Crippen LogP contribution < -0.4 is 0 Å². The molecule has 0 aliphatic rings. The van der Waals surface area contributed by atoms with Crippen LogP contribution >= 0.6 is 23.2 Å². The minimum Gasteiger partial charge on any atom is -0.308 e. The Balaban J connectivity index is 3.58. The Morgan fingerprint density at radius 1 is 1.44 bits per heavy atom. The smallest absolute Gasteiger partial charge is 0.0679 e. The molecule has 0 heterocycles. The Labute approximate surface area is 66.9 Å². The molecule has 0 aromatic rings. The van der Waals surface area contributed by atoms with E-state index in [1.807, 2.05) is 25.9 Å². The van der Waals surface area contributed by atoms with Crippen molar-refractivity contribution in [3.8, 4) is 0 Å². The first kappa shape index (κ1) is 9.54. The molecule has 0 saturated heterocycles. The van der Waals surface area contributed by atoms with E-state index in [1.54, 1.807) is 0 Å². The molecule has 1 atom stereocenters. The minimum atomic E-state index is -0.273. The molecule has 0 saturated carbocycles. The van der Waals surface area contributed by atoms with Gasteiger partial charge in [0.2, 0.25) is 0 Å². The molecule has 0 aliphatic carbocycles. The summed E-state index contributed by atoms with van der Waals surface area (Å²) in [6.07, 6.45) is 0. The van der Waals surface area contributed by atoms with Crippen LogP contribution in [-0.2, 0) is 0 Å². The molecule has 1 unspecified atom stereocenters. The van der Waals surface area contributed by atoms with E-state index in [9.17, 15) is 0 Å². The molecule has 0 radical (unpaired) electrons. The summed E-state index contributed by atoms with van der Waals surface area (Å²) in [5, 5.41) is 0. The fraction of sp³-hybridized carbons (Fsp3) is 1.00. The summed E-state index contributed by atoms with van der Waals surface area (Å²) < 4.78 is 0. The Morgan fingerprint density at radius 3 is 2.00 bits per heavy atom. The summed E-state index contributed by atoms with van der Waals surface area (Å²) in [5.41, 5.74) is 0. The van der Waals surface area contributed by atoms with Gasteiger partial charge in [-0.1, -0.05) is 0 Å². The Bertz CT molecular complexity index is 81.1. The molecule has 9 heavy (non-hydrogen) atoms. The third-order valence-electron chi connectivity index (χ3n) is 0.925. The van der Waals surface area contributed by atoms with Crippen LogP contribution in [0.2, 0.25) is 0 Å². The zero-order chi connectivity index (χ0) is 7.49. The van der Waals surface area contributed by atoms with E-state index in [2.05, 4.69) is 0 Å². The molecule has 0 amide bonds. The average molecular weight is 170 g/mol. The summed E-state index contributed by atoms with van der Waals surface area (Å²) in [6, 6.07) is 0. The Morgan fingerprint density at radius 2 is 1.89 bits per heavy atom. The molecule has 1 nitrogen and oxygen atoms in total. The van der Waals surface area contributed by atoms with E-state index in [1.165, 1.54) is 0 Å². The van der Waals surface area contributed by atoms with Crippen LogP contribution in [0.15, 0.2) is 0 Å². The highest BCUT2D eigenvalue weighted by Gasteiger charge is 2.19. The lowest BCUT2D eigenvalue weighted by Crippen LogP contribution is -2.33. The van der Waals surface area contributed by atoms with E-state index in [-0.39, 0.29) is 4.87 Å². The lowest BCUT2D eigenvalue weighted by Gasteiger charge is -2.22. The van der Waals surface area contributed by atoms with Gasteiger partial charge in [0.15, 0.2) is 0 Å². The molecule has 0 fully saturated rings. The second kappa shape index (κ2) is 3.65. The normalized spacial score (nSPS) is 18.0. The van der Waals surface area contributed by atoms with Crippen molar-refractivity contribution >= 4 is 23.2 Å². The van der Waals surface area contributed by atoms with Crippen molar-refractivity contribution in [2.24, 2.45) is 0 Å². The van der Waals surface area contributed by atoms with Crippen molar-refractivity contribution in [1.82, 2.24) is 4.90 Å². The molecule has 3 heteroatoms. The molecule has 0 rings (SSSR count). The average Bonchev–Trinajstić information content (AvgIpc) is 1.63. The van der Waals surface area contributed by atoms with Gasteiger partial charge in [-0.25, -0.2) is 0 Å². The van der Waals surface area contributed by atoms with E-state index in [0.29, 0.717) is 5.88 Å². The number of hydrogen-bond acceptors (Lipinski definition) is 1. The standard InChI is InChI=1S/C6H13Cl2N/c1-6(8,4-7)5-9(2)3/h4-5H2,1-3H3. The van der Waals surface area contributed by atoms with Crippen molar-refractivity contribution in [2.75, 3.05) is 26.5 Å². The maximum atomic E-state index is 5.94. The van der Waals surface area contributed by atoms with Crippen molar-refractivity contribution in [1.29, 1.82) is 0 Å². The van der Waals surface area contributed by atoms with Gasteiger partial charge in [0.1, 0.15) is 0 Å². The van der Waals surface area contributed by atoms with Crippen molar-refractivity contribution in [3.63, 3.8) is 0 Å². The third kappa shape index (κ3) is 5.01. The summed E-state index contributed by atoms with van der Waals surface area (Å²) in [6.45, 7) is 2.75. The molecule has 0 bridgehead atoms. The second-order valence-electron chi connectivity index (χ2n) is 2.78. The number of hydrogen-bond donors (Lipinski definition) is 0. The summed E-state index contributed by atoms with van der Waals surface area (Å²) in [5.74, 6) is 0.493. The number of alkyl halides is 2. The molecular formula is C6H13Cl2N. The van der Waals surface area contributed by atoms with Gasteiger partial charge in [-0.05, 0) is 21.0 Å². The lowest BCUT2D eigenvalue weighted by atomic mass is 10.2. The number of rotatable bonds is 3. The summed E-state index contributed by atoms with van der Waals surface area (Å²) in [7, 11) is 3.96. The second-order valence-corrected chi connectivity index (χ2v) is 3.96. The van der Waals surface area contributed by atoms with Crippen LogP contribution in [0.1, 0.15) is 6.92 Å². The van der Waals surface area contributed by atoms with E-state index < -0.39 is 0 Å². The molecule has 0 spiro atoms. The molecule has 56 valence electrons. The van der Waals surface area contributed by atoms with Crippen LogP contribution in [-0.4, -0.2) is 36.3 Å². The molecule has 0 N–H and O–H groups in total. The van der Waals surface area contributed by atoms with Gasteiger partial charge in [0, 0.05) is 12.4 Å². The fourth-order valence-corrected chi connectivity index (χ4v) is 1.03.